The zero-order valence-electron chi connectivity index (χ0n) is 14.1. The Kier molecular flexibility index (Phi) is 4.75. The molecule has 1 fully saturated rings. The number of hydrogen-bond acceptors (Lipinski definition) is 2. The number of carbonyl (C=O) groups excluding carboxylic acids is 1. The van der Waals surface area contributed by atoms with Crippen molar-refractivity contribution in [2.75, 3.05) is 7.11 Å². The van der Waals surface area contributed by atoms with Gasteiger partial charge in [0.15, 0.2) is 5.78 Å². The Bertz CT molecular complexity index is 517. The Hall–Kier alpha value is -1.31. The van der Waals surface area contributed by atoms with Crippen LogP contribution in [0, 0.1) is 12.8 Å². The number of aryl methyl sites for hydroxylation is 1. The molecule has 0 aliphatic heterocycles. The molecule has 1 aliphatic carbocycles. The van der Waals surface area contributed by atoms with Gasteiger partial charge in [-0.15, -0.1) is 0 Å². The first-order chi connectivity index (χ1) is 9.84. The average molecular weight is 288 g/mol. The van der Waals surface area contributed by atoms with Crippen molar-refractivity contribution < 1.29 is 9.53 Å². The highest BCUT2D eigenvalue weighted by molar-refractivity contribution is 6.01. The van der Waals surface area contributed by atoms with Gasteiger partial charge in [0.1, 0.15) is 5.75 Å². The topological polar surface area (TPSA) is 26.3 Å². The average Bonchev–Trinajstić information content (AvgIpc) is 2.45. The molecule has 2 heteroatoms. The summed E-state index contributed by atoms with van der Waals surface area (Å²) in [6, 6.07) is 4.15. The lowest BCUT2D eigenvalue weighted by molar-refractivity contribution is 0.0886. The van der Waals surface area contributed by atoms with E-state index in [0.717, 1.165) is 35.3 Å². The lowest BCUT2D eigenvalue weighted by Gasteiger charge is -2.26. The van der Waals surface area contributed by atoms with Crippen LogP contribution in [0.1, 0.15) is 74.4 Å². The van der Waals surface area contributed by atoms with Gasteiger partial charge in [-0.2, -0.15) is 0 Å². The lowest BCUT2D eigenvalue weighted by atomic mass is 9.80. The fourth-order valence-corrected chi connectivity index (χ4v) is 3.32. The minimum atomic E-state index is -0.0288. The third-order valence-electron chi connectivity index (χ3n) is 4.49. The predicted octanol–water partition coefficient (Wildman–Crippen LogP) is 5.06. The van der Waals surface area contributed by atoms with E-state index >= 15 is 0 Å². The van der Waals surface area contributed by atoms with Crippen LogP contribution in [-0.2, 0) is 5.41 Å². The maximum absolute atomic E-state index is 12.9. The second-order valence-electron chi connectivity index (χ2n) is 7.34. The highest BCUT2D eigenvalue weighted by Crippen LogP contribution is 2.38. The van der Waals surface area contributed by atoms with Crippen LogP contribution in [0.3, 0.4) is 0 Å². The normalized spacial score (nSPS) is 16.8. The van der Waals surface area contributed by atoms with Crippen molar-refractivity contribution in [3.8, 4) is 5.75 Å². The SMILES string of the molecule is COc1c(C(=O)C2CCCCC2)cc(C)cc1C(C)(C)C. The van der Waals surface area contributed by atoms with E-state index in [-0.39, 0.29) is 17.1 Å². The Morgan fingerprint density at radius 1 is 1.14 bits per heavy atom. The molecule has 0 amide bonds. The second-order valence-corrected chi connectivity index (χ2v) is 7.34. The van der Waals surface area contributed by atoms with Crippen molar-refractivity contribution in [1.82, 2.24) is 0 Å². The van der Waals surface area contributed by atoms with Gasteiger partial charge in [-0.1, -0.05) is 46.1 Å². The third-order valence-corrected chi connectivity index (χ3v) is 4.49. The number of benzene rings is 1. The molecule has 0 atom stereocenters. The van der Waals surface area contributed by atoms with Crippen LogP contribution in [0.25, 0.3) is 0 Å². The van der Waals surface area contributed by atoms with Crippen LogP contribution in [0.2, 0.25) is 0 Å². The van der Waals surface area contributed by atoms with E-state index in [1.54, 1.807) is 7.11 Å². The highest BCUT2D eigenvalue weighted by Gasteiger charge is 2.29. The van der Waals surface area contributed by atoms with Gasteiger partial charge in [-0.3, -0.25) is 4.79 Å². The number of methoxy groups -OCH3 is 1. The Balaban J connectivity index is 2.47. The molecule has 2 rings (SSSR count). The molecule has 1 saturated carbocycles. The number of ether oxygens (including phenoxy) is 1. The molecule has 21 heavy (non-hydrogen) atoms. The van der Waals surface area contributed by atoms with Crippen molar-refractivity contribution in [2.24, 2.45) is 5.92 Å². The number of rotatable bonds is 3. The van der Waals surface area contributed by atoms with Gasteiger partial charge in [-0.25, -0.2) is 0 Å². The van der Waals surface area contributed by atoms with Crippen molar-refractivity contribution in [3.05, 3.63) is 28.8 Å². The zero-order valence-corrected chi connectivity index (χ0v) is 14.1. The van der Waals surface area contributed by atoms with Crippen molar-refractivity contribution >= 4 is 5.78 Å². The lowest BCUT2D eigenvalue weighted by Crippen LogP contribution is -2.21. The second kappa shape index (κ2) is 6.21. The molecule has 2 nitrogen and oxygen atoms in total. The van der Waals surface area contributed by atoms with Crippen LogP contribution in [0.5, 0.6) is 5.75 Å². The van der Waals surface area contributed by atoms with Crippen LogP contribution in [-0.4, -0.2) is 12.9 Å². The standard InChI is InChI=1S/C19H28O2/c1-13-11-15(17(20)14-9-7-6-8-10-14)18(21-5)16(12-13)19(2,3)4/h11-12,14H,6-10H2,1-5H3. The molecule has 0 aromatic heterocycles. The Morgan fingerprint density at radius 3 is 2.29 bits per heavy atom. The molecule has 0 unspecified atom stereocenters. The van der Waals surface area contributed by atoms with E-state index in [1.165, 1.54) is 19.3 Å². The molecule has 1 aliphatic rings. The quantitative estimate of drug-likeness (QED) is 0.726. The van der Waals surface area contributed by atoms with Gasteiger partial charge < -0.3 is 4.74 Å². The summed E-state index contributed by atoms with van der Waals surface area (Å²) in [7, 11) is 1.68. The minimum absolute atomic E-state index is 0.0288. The first kappa shape index (κ1) is 16.1. The molecule has 0 saturated heterocycles. The molecule has 0 radical (unpaired) electrons. The van der Waals surface area contributed by atoms with Crippen LogP contribution in [0.15, 0.2) is 12.1 Å². The summed E-state index contributed by atoms with van der Waals surface area (Å²) < 4.78 is 5.65. The van der Waals surface area contributed by atoms with E-state index in [4.69, 9.17) is 4.74 Å². The maximum Gasteiger partial charge on any atom is 0.169 e. The summed E-state index contributed by atoms with van der Waals surface area (Å²) in [5, 5.41) is 0. The van der Waals surface area contributed by atoms with E-state index in [1.807, 2.05) is 6.07 Å². The van der Waals surface area contributed by atoms with E-state index in [0.29, 0.717) is 0 Å². The molecule has 0 spiro atoms. The smallest absolute Gasteiger partial charge is 0.169 e. The van der Waals surface area contributed by atoms with Gasteiger partial charge in [0.2, 0.25) is 0 Å². The van der Waals surface area contributed by atoms with Crippen molar-refractivity contribution in [2.45, 2.75) is 65.2 Å². The Labute approximate surface area is 128 Å². The predicted molar refractivity (Wildman–Crippen MR) is 87.3 cm³/mol. The number of Topliss-reactive ketones (excluding diaryl/α,β-unsaturated/α-hetero) is 1. The highest BCUT2D eigenvalue weighted by atomic mass is 16.5. The molecule has 0 bridgehead atoms. The van der Waals surface area contributed by atoms with Crippen molar-refractivity contribution in [3.63, 3.8) is 0 Å². The van der Waals surface area contributed by atoms with E-state index in [2.05, 4.69) is 33.8 Å². The number of carbonyl (C=O) groups is 1. The summed E-state index contributed by atoms with van der Waals surface area (Å²) in [4.78, 5) is 12.9. The summed E-state index contributed by atoms with van der Waals surface area (Å²) in [5.41, 5.74) is 3.03. The number of hydrogen-bond donors (Lipinski definition) is 0. The number of ketones is 1. The molecule has 0 N–H and O–H groups in total. The van der Waals surface area contributed by atoms with Gasteiger partial charge in [0, 0.05) is 11.5 Å². The van der Waals surface area contributed by atoms with Crippen LogP contribution >= 0.6 is 0 Å². The first-order valence-corrected chi connectivity index (χ1v) is 8.08. The molecule has 1 aromatic rings. The maximum atomic E-state index is 12.9. The van der Waals surface area contributed by atoms with Gasteiger partial charge in [-0.05, 0) is 36.8 Å². The molecule has 116 valence electrons. The minimum Gasteiger partial charge on any atom is -0.496 e. The van der Waals surface area contributed by atoms with Gasteiger partial charge in [0.05, 0.1) is 12.7 Å². The fraction of sp³-hybridized carbons (Fsp3) is 0.632. The molecule has 0 heterocycles. The summed E-state index contributed by atoms with van der Waals surface area (Å²) in [6.45, 7) is 8.56. The van der Waals surface area contributed by atoms with E-state index < -0.39 is 0 Å². The van der Waals surface area contributed by atoms with Crippen LogP contribution < -0.4 is 4.74 Å². The summed E-state index contributed by atoms with van der Waals surface area (Å²) in [5.74, 6) is 1.24. The molecule has 1 aromatic carbocycles. The third kappa shape index (κ3) is 3.48. The first-order valence-electron chi connectivity index (χ1n) is 8.08. The summed E-state index contributed by atoms with van der Waals surface area (Å²) in [6.07, 6.45) is 5.68. The van der Waals surface area contributed by atoms with Gasteiger partial charge >= 0.3 is 0 Å². The van der Waals surface area contributed by atoms with Crippen molar-refractivity contribution in [1.29, 1.82) is 0 Å². The van der Waals surface area contributed by atoms with E-state index in [9.17, 15) is 4.79 Å². The van der Waals surface area contributed by atoms with Crippen LogP contribution in [0.4, 0.5) is 0 Å². The largest absolute Gasteiger partial charge is 0.496 e. The molecular weight excluding hydrogens is 260 g/mol. The van der Waals surface area contributed by atoms with Gasteiger partial charge in [0.25, 0.3) is 0 Å². The monoisotopic (exact) mass is 288 g/mol. The fourth-order valence-electron chi connectivity index (χ4n) is 3.32. The summed E-state index contributed by atoms with van der Waals surface area (Å²) >= 11 is 0. The molecular formula is C19H28O2. The Morgan fingerprint density at radius 2 is 1.76 bits per heavy atom. The zero-order chi connectivity index (χ0) is 15.6.